The van der Waals surface area contributed by atoms with Gasteiger partial charge in [-0.3, -0.25) is 0 Å². The van der Waals surface area contributed by atoms with E-state index in [0.29, 0.717) is 11.0 Å². The first-order valence-corrected chi connectivity index (χ1v) is 7.74. The molecule has 1 heterocycles. The van der Waals surface area contributed by atoms with Gasteiger partial charge in [-0.15, -0.1) is 0 Å². The number of hydrogen-bond acceptors (Lipinski definition) is 2. The Morgan fingerprint density at radius 2 is 2.00 bits per heavy atom. The zero-order valence-corrected chi connectivity index (χ0v) is 13.8. The molecule has 2 nitrogen and oxygen atoms in total. The maximum atomic E-state index is 13.1. The lowest BCUT2D eigenvalue weighted by Gasteiger charge is -2.30. The molecular formula is C12H15Br2F3N2. The van der Waals surface area contributed by atoms with Crippen LogP contribution < -0.4 is 4.90 Å². The molecule has 0 atom stereocenters. The number of halogens is 5. The van der Waals surface area contributed by atoms with Crippen molar-refractivity contribution in [3.05, 3.63) is 22.3 Å². The summed E-state index contributed by atoms with van der Waals surface area (Å²) in [5, 5.41) is 0.744. The van der Waals surface area contributed by atoms with Crippen LogP contribution in [-0.2, 0) is 6.18 Å². The number of rotatable bonds is 5. The van der Waals surface area contributed by atoms with E-state index in [1.165, 1.54) is 6.20 Å². The minimum absolute atomic E-state index is 0.00773. The van der Waals surface area contributed by atoms with Crippen LogP contribution >= 0.6 is 31.9 Å². The van der Waals surface area contributed by atoms with E-state index in [4.69, 9.17) is 0 Å². The van der Waals surface area contributed by atoms with Crippen molar-refractivity contribution >= 4 is 37.7 Å². The van der Waals surface area contributed by atoms with E-state index in [1.807, 2.05) is 13.8 Å². The first-order valence-electron chi connectivity index (χ1n) is 5.82. The molecule has 0 aliphatic heterocycles. The van der Waals surface area contributed by atoms with Crippen molar-refractivity contribution in [2.75, 3.05) is 16.8 Å². The molecule has 1 aromatic rings. The summed E-state index contributed by atoms with van der Waals surface area (Å²) in [7, 11) is 0. The standard InChI is InChI=1S/C12H15Br2F3N2/c1-8(2)19(5-3-4-13)11-10(12(15,16)17)6-9(14)7-18-11/h6-8H,3-5H2,1-2H3. The Hall–Kier alpha value is -0.300. The molecule has 0 aliphatic rings. The predicted molar refractivity (Wildman–Crippen MR) is 77.8 cm³/mol. The summed E-state index contributed by atoms with van der Waals surface area (Å²) in [6.45, 7) is 4.25. The Bertz CT molecular complexity index is 422. The topological polar surface area (TPSA) is 16.1 Å². The molecule has 0 amide bonds. The fourth-order valence-electron chi connectivity index (χ4n) is 1.71. The second-order valence-corrected chi connectivity index (χ2v) is 6.06. The Kier molecular flexibility index (Phi) is 6.11. The summed E-state index contributed by atoms with van der Waals surface area (Å²) in [5.41, 5.74) is -0.704. The van der Waals surface area contributed by atoms with Gasteiger partial charge in [-0.2, -0.15) is 13.2 Å². The molecule has 0 aliphatic carbocycles. The highest BCUT2D eigenvalue weighted by Gasteiger charge is 2.36. The molecule has 0 fully saturated rings. The molecule has 108 valence electrons. The summed E-state index contributed by atoms with van der Waals surface area (Å²) in [6.07, 6.45) is -2.25. The number of nitrogens with zero attached hydrogens (tertiary/aromatic N) is 2. The SMILES string of the molecule is CC(C)N(CCCBr)c1ncc(Br)cc1C(F)(F)F. The molecular weight excluding hydrogens is 389 g/mol. The molecule has 0 radical (unpaired) electrons. The average molecular weight is 404 g/mol. The summed E-state index contributed by atoms with van der Waals surface area (Å²) >= 11 is 6.33. The zero-order valence-electron chi connectivity index (χ0n) is 10.6. The van der Waals surface area contributed by atoms with Gasteiger partial charge in [0.1, 0.15) is 5.82 Å². The Labute approximate surface area is 127 Å². The lowest BCUT2D eigenvalue weighted by Crippen LogP contribution is -2.34. The third-order valence-electron chi connectivity index (χ3n) is 2.57. The van der Waals surface area contributed by atoms with Crippen molar-refractivity contribution in [3.63, 3.8) is 0 Å². The number of anilines is 1. The minimum Gasteiger partial charge on any atom is -0.354 e. The van der Waals surface area contributed by atoms with Crippen molar-refractivity contribution < 1.29 is 13.2 Å². The maximum Gasteiger partial charge on any atom is 0.419 e. The van der Waals surface area contributed by atoms with Crippen LogP contribution in [0, 0.1) is 0 Å². The van der Waals surface area contributed by atoms with Crippen LogP contribution in [0.3, 0.4) is 0 Å². The van der Waals surface area contributed by atoms with Crippen molar-refractivity contribution in [3.8, 4) is 0 Å². The molecule has 0 bridgehead atoms. The summed E-state index contributed by atoms with van der Waals surface area (Å²) < 4.78 is 39.6. The van der Waals surface area contributed by atoms with Crippen molar-refractivity contribution in [2.45, 2.75) is 32.5 Å². The van der Waals surface area contributed by atoms with E-state index < -0.39 is 11.7 Å². The van der Waals surface area contributed by atoms with Crippen molar-refractivity contribution in [1.29, 1.82) is 0 Å². The number of hydrogen-bond donors (Lipinski definition) is 0. The van der Waals surface area contributed by atoms with Gasteiger partial charge in [-0.05, 0) is 42.3 Å². The second kappa shape index (κ2) is 6.92. The Morgan fingerprint density at radius 3 is 2.47 bits per heavy atom. The van der Waals surface area contributed by atoms with Gasteiger partial charge >= 0.3 is 6.18 Å². The second-order valence-electron chi connectivity index (χ2n) is 4.35. The summed E-state index contributed by atoms with van der Waals surface area (Å²) in [4.78, 5) is 5.64. The smallest absolute Gasteiger partial charge is 0.354 e. The normalized spacial score (nSPS) is 12.0. The van der Waals surface area contributed by atoms with Gasteiger partial charge in [-0.1, -0.05) is 15.9 Å². The van der Waals surface area contributed by atoms with Gasteiger partial charge in [-0.25, -0.2) is 4.98 Å². The third kappa shape index (κ3) is 4.63. The largest absolute Gasteiger partial charge is 0.419 e. The molecule has 0 saturated heterocycles. The highest BCUT2D eigenvalue weighted by molar-refractivity contribution is 9.10. The van der Waals surface area contributed by atoms with E-state index >= 15 is 0 Å². The van der Waals surface area contributed by atoms with Crippen molar-refractivity contribution in [2.24, 2.45) is 0 Å². The molecule has 0 spiro atoms. The molecule has 0 aromatic carbocycles. The van der Waals surface area contributed by atoms with Gasteiger partial charge in [0, 0.05) is 28.6 Å². The Balaban J connectivity index is 3.22. The van der Waals surface area contributed by atoms with Gasteiger partial charge < -0.3 is 4.90 Å². The van der Waals surface area contributed by atoms with Crippen molar-refractivity contribution in [1.82, 2.24) is 4.98 Å². The van der Waals surface area contributed by atoms with Gasteiger partial charge in [0.05, 0.1) is 5.56 Å². The fourth-order valence-corrected chi connectivity index (χ4v) is 2.29. The van der Waals surface area contributed by atoms with Crippen LogP contribution in [0.1, 0.15) is 25.8 Å². The highest BCUT2D eigenvalue weighted by Crippen LogP contribution is 2.37. The molecule has 1 rings (SSSR count). The minimum atomic E-state index is -4.41. The Morgan fingerprint density at radius 1 is 1.37 bits per heavy atom. The average Bonchev–Trinajstić information content (AvgIpc) is 2.29. The van der Waals surface area contributed by atoms with Crippen LogP contribution in [0.5, 0.6) is 0 Å². The van der Waals surface area contributed by atoms with Crippen LogP contribution in [0.4, 0.5) is 19.0 Å². The number of aromatic nitrogens is 1. The van der Waals surface area contributed by atoms with Crippen LogP contribution in [0.25, 0.3) is 0 Å². The van der Waals surface area contributed by atoms with Gasteiger partial charge in [0.25, 0.3) is 0 Å². The van der Waals surface area contributed by atoms with Crippen LogP contribution in [0.2, 0.25) is 0 Å². The van der Waals surface area contributed by atoms with Gasteiger partial charge in [0.2, 0.25) is 0 Å². The predicted octanol–water partition coefficient (Wildman–Crippen LogP) is 4.86. The number of alkyl halides is 4. The highest BCUT2D eigenvalue weighted by atomic mass is 79.9. The van der Waals surface area contributed by atoms with Gasteiger partial charge in [0.15, 0.2) is 0 Å². The molecule has 7 heteroatoms. The summed E-state index contributed by atoms with van der Waals surface area (Å²) in [5.74, 6) is -0.00773. The molecule has 1 aromatic heterocycles. The fraction of sp³-hybridized carbons (Fsp3) is 0.583. The van der Waals surface area contributed by atoms with E-state index in [0.717, 1.165) is 17.8 Å². The van der Waals surface area contributed by atoms with E-state index in [1.54, 1.807) is 4.90 Å². The number of pyridine rings is 1. The van der Waals surface area contributed by atoms with E-state index in [-0.39, 0.29) is 11.9 Å². The lowest BCUT2D eigenvalue weighted by atomic mass is 10.2. The van der Waals surface area contributed by atoms with E-state index in [9.17, 15) is 13.2 Å². The summed E-state index contributed by atoms with van der Waals surface area (Å²) in [6, 6.07) is 1.03. The maximum absolute atomic E-state index is 13.1. The first-order chi connectivity index (χ1) is 8.77. The zero-order chi connectivity index (χ0) is 14.6. The molecule has 0 N–H and O–H groups in total. The third-order valence-corrected chi connectivity index (χ3v) is 3.56. The quantitative estimate of drug-likeness (QED) is 0.652. The monoisotopic (exact) mass is 402 g/mol. The van der Waals surface area contributed by atoms with Crippen LogP contribution in [0.15, 0.2) is 16.7 Å². The molecule has 0 unspecified atom stereocenters. The lowest BCUT2D eigenvalue weighted by molar-refractivity contribution is -0.137. The van der Waals surface area contributed by atoms with E-state index in [2.05, 4.69) is 36.8 Å². The first kappa shape index (κ1) is 16.8. The molecule has 0 saturated carbocycles. The molecule has 19 heavy (non-hydrogen) atoms. The van der Waals surface area contributed by atoms with Crippen LogP contribution in [-0.4, -0.2) is 22.9 Å².